The molecule has 0 radical (unpaired) electrons. The van der Waals surface area contributed by atoms with E-state index in [0.29, 0.717) is 17.7 Å². The highest BCUT2D eigenvalue weighted by atomic mass is 127. The molecular weight excluding hydrogens is 491 g/mol. The van der Waals surface area contributed by atoms with E-state index in [1.807, 2.05) is 0 Å². The molecule has 3 rings (SSSR count). The Kier molecular flexibility index (Phi) is 6.60. The largest absolute Gasteiger partial charge is 0.484 e. The highest BCUT2D eigenvalue weighted by Gasteiger charge is 2.37. The molecule has 160 valence electrons. The molecule has 0 saturated heterocycles. The fraction of sp³-hybridized carbons (Fsp3) is 0.440. The molecule has 0 fully saturated rings. The van der Waals surface area contributed by atoms with Gasteiger partial charge in [-0.25, -0.2) is 4.79 Å². The number of hydrogen-bond acceptors (Lipinski definition) is 4. The number of benzene rings is 2. The van der Waals surface area contributed by atoms with Crippen molar-refractivity contribution in [3.05, 3.63) is 62.2 Å². The van der Waals surface area contributed by atoms with E-state index in [1.54, 1.807) is 31.2 Å². The number of esters is 1. The van der Waals surface area contributed by atoms with Crippen LogP contribution in [0, 0.1) is 3.57 Å². The fourth-order valence-electron chi connectivity index (χ4n) is 3.91. The minimum atomic E-state index is -0.387. The lowest BCUT2D eigenvalue weighted by molar-refractivity contribution is 0.0526. The number of rotatable bonds is 6. The van der Waals surface area contributed by atoms with Gasteiger partial charge in [0.05, 0.1) is 15.7 Å². The number of halogens is 1. The van der Waals surface area contributed by atoms with Crippen LogP contribution in [0.2, 0.25) is 0 Å². The molecule has 2 aromatic rings. The Morgan fingerprint density at radius 1 is 0.933 bits per heavy atom. The molecule has 0 unspecified atom stereocenters. The summed E-state index contributed by atoms with van der Waals surface area (Å²) >= 11 is 2.29. The monoisotopic (exact) mass is 520 g/mol. The molecule has 0 spiro atoms. The molecule has 0 N–H and O–H groups in total. The number of Topliss-reactive ketones (excluding diaryl/α,β-unsaturated/α-hetero) is 1. The van der Waals surface area contributed by atoms with Gasteiger partial charge in [0.15, 0.2) is 12.4 Å². The zero-order chi connectivity index (χ0) is 22.1. The van der Waals surface area contributed by atoms with Gasteiger partial charge in [-0.3, -0.25) is 4.79 Å². The molecule has 0 heterocycles. The second kappa shape index (κ2) is 8.69. The maximum absolute atomic E-state index is 12.6. The summed E-state index contributed by atoms with van der Waals surface area (Å²) in [5, 5.41) is 0. The van der Waals surface area contributed by atoms with E-state index in [1.165, 1.54) is 11.1 Å². The predicted octanol–water partition coefficient (Wildman–Crippen LogP) is 6.08. The highest BCUT2D eigenvalue weighted by Crippen LogP contribution is 2.47. The third-order valence-corrected chi connectivity index (χ3v) is 6.83. The van der Waals surface area contributed by atoms with Crippen molar-refractivity contribution in [3.63, 3.8) is 0 Å². The fourth-order valence-corrected chi connectivity index (χ4v) is 4.53. The summed E-state index contributed by atoms with van der Waals surface area (Å²) in [6.45, 7) is 11.2. The third kappa shape index (κ3) is 4.71. The van der Waals surface area contributed by atoms with Gasteiger partial charge in [0.2, 0.25) is 0 Å². The van der Waals surface area contributed by atoms with Crippen molar-refractivity contribution in [3.8, 4) is 5.75 Å². The van der Waals surface area contributed by atoms with Gasteiger partial charge in [0.25, 0.3) is 0 Å². The summed E-state index contributed by atoms with van der Waals surface area (Å²) in [5.74, 6) is 0.233. The van der Waals surface area contributed by atoms with Crippen LogP contribution in [0.25, 0.3) is 0 Å². The highest BCUT2D eigenvalue weighted by molar-refractivity contribution is 14.1. The molecule has 5 heteroatoms. The smallest absolute Gasteiger partial charge is 0.338 e. The van der Waals surface area contributed by atoms with Crippen LogP contribution in [-0.2, 0) is 15.6 Å². The molecule has 1 aliphatic carbocycles. The van der Waals surface area contributed by atoms with Gasteiger partial charge in [0, 0.05) is 5.56 Å². The Labute approximate surface area is 192 Å². The summed E-state index contributed by atoms with van der Waals surface area (Å²) < 4.78 is 11.9. The Morgan fingerprint density at radius 2 is 1.47 bits per heavy atom. The SMILES string of the molecule is CCOC(=O)c1ccc(C(=O)COc2cc3c(cc2I)C(C)(C)CCC3(C)C)cc1. The number of carbonyl (C=O) groups excluding carboxylic acids is 2. The van der Waals surface area contributed by atoms with Gasteiger partial charge in [0.1, 0.15) is 5.75 Å². The maximum atomic E-state index is 12.6. The molecule has 30 heavy (non-hydrogen) atoms. The van der Waals surface area contributed by atoms with E-state index in [0.717, 1.165) is 22.2 Å². The minimum absolute atomic E-state index is 0.0443. The van der Waals surface area contributed by atoms with Crippen molar-refractivity contribution in [1.82, 2.24) is 0 Å². The van der Waals surface area contributed by atoms with Gasteiger partial charge >= 0.3 is 5.97 Å². The number of ketones is 1. The van der Waals surface area contributed by atoms with Crippen molar-refractivity contribution in [2.45, 2.75) is 58.3 Å². The zero-order valence-corrected chi connectivity index (χ0v) is 20.5. The summed E-state index contributed by atoms with van der Waals surface area (Å²) in [6.07, 6.45) is 2.28. The lowest BCUT2D eigenvalue weighted by Crippen LogP contribution is -2.34. The molecular formula is C25H29IO4. The van der Waals surface area contributed by atoms with E-state index in [-0.39, 0.29) is 29.2 Å². The molecule has 2 aromatic carbocycles. The minimum Gasteiger partial charge on any atom is -0.484 e. The lowest BCUT2D eigenvalue weighted by Gasteiger charge is -2.42. The van der Waals surface area contributed by atoms with Crippen molar-refractivity contribution in [1.29, 1.82) is 0 Å². The van der Waals surface area contributed by atoms with Crippen molar-refractivity contribution < 1.29 is 19.1 Å². The van der Waals surface area contributed by atoms with E-state index < -0.39 is 0 Å². The topological polar surface area (TPSA) is 52.6 Å². The molecule has 0 saturated carbocycles. The van der Waals surface area contributed by atoms with Crippen LogP contribution in [0.15, 0.2) is 36.4 Å². The first-order chi connectivity index (χ1) is 14.0. The van der Waals surface area contributed by atoms with E-state index >= 15 is 0 Å². The van der Waals surface area contributed by atoms with Crippen LogP contribution < -0.4 is 4.74 Å². The first-order valence-electron chi connectivity index (χ1n) is 10.3. The van der Waals surface area contributed by atoms with E-state index in [9.17, 15) is 9.59 Å². The van der Waals surface area contributed by atoms with Gasteiger partial charge in [-0.15, -0.1) is 0 Å². The van der Waals surface area contributed by atoms with Gasteiger partial charge < -0.3 is 9.47 Å². The quantitative estimate of drug-likeness (QED) is 0.263. The first-order valence-corrected chi connectivity index (χ1v) is 11.4. The Bertz CT molecular complexity index is 958. The second-order valence-corrected chi connectivity index (χ2v) is 10.3. The van der Waals surface area contributed by atoms with Gasteiger partial charge in [-0.1, -0.05) is 39.8 Å². The molecule has 0 aliphatic heterocycles. The maximum Gasteiger partial charge on any atom is 0.338 e. The normalized spacial score (nSPS) is 16.5. The number of fused-ring (bicyclic) bond motifs is 1. The zero-order valence-electron chi connectivity index (χ0n) is 18.3. The van der Waals surface area contributed by atoms with E-state index in [4.69, 9.17) is 9.47 Å². The average Bonchev–Trinajstić information content (AvgIpc) is 2.70. The van der Waals surface area contributed by atoms with Crippen LogP contribution in [0.4, 0.5) is 0 Å². The number of ether oxygens (including phenoxy) is 2. The standard InChI is InChI=1S/C25H29IO4/c1-6-29-23(28)17-9-7-16(8-10-17)21(27)15-30-22-14-19-18(13-20(22)26)24(2,3)11-12-25(19,4)5/h7-10,13-14H,6,11-12,15H2,1-5H3. The lowest BCUT2D eigenvalue weighted by atomic mass is 9.63. The number of hydrogen-bond donors (Lipinski definition) is 0. The third-order valence-electron chi connectivity index (χ3n) is 5.98. The Hall–Kier alpha value is -1.89. The summed E-state index contributed by atoms with van der Waals surface area (Å²) in [5.41, 5.74) is 3.85. The summed E-state index contributed by atoms with van der Waals surface area (Å²) in [6, 6.07) is 10.8. The second-order valence-electron chi connectivity index (χ2n) is 9.11. The predicted molar refractivity (Wildman–Crippen MR) is 127 cm³/mol. The van der Waals surface area contributed by atoms with Gasteiger partial charge in [-0.2, -0.15) is 0 Å². The van der Waals surface area contributed by atoms with Crippen LogP contribution in [-0.4, -0.2) is 25.0 Å². The van der Waals surface area contributed by atoms with Crippen molar-refractivity contribution >= 4 is 34.3 Å². The number of carbonyl (C=O) groups is 2. The summed E-state index contributed by atoms with van der Waals surface area (Å²) in [4.78, 5) is 24.4. The van der Waals surface area contributed by atoms with Crippen LogP contribution >= 0.6 is 22.6 Å². The molecule has 0 amide bonds. The van der Waals surface area contributed by atoms with Crippen LogP contribution in [0.1, 0.15) is 79.3 Å². The van der Waals surface area contributed by atoms with Crippen molar-refractivity contribution in [2.75, 3.05) is 13.2 Å². The first kappa shape index (κ1) is 22.8. The average molecular weight is 520 g/mol. The molecule has 0 bridgehead atoms. The van der Waals surface area contributed by atoms with Crippen molar-refractivity contribution in [2.24, 2.45) is 0 Å². The van der Waals surface area contributed by atoms with Crippen LogP contribution in [0.5, 0.6) is 5.75 Å². The summed E-state index contributed by atoms with van der Waals surface area (Å²) in [7, 11) is 0. The molecule has 0 atom stereocenters. The Balaban J connectivity index is 1.76. The van der Waals surface area contributed by atoms with Crippen LogP contribution in [0.3, 0.4) is 0 Å². The molecule has 0 aromatic heterocycles. The molecule has 1 aliphatic rings. The molecule has 4 nitrogen and oxygen atoms in total. The van der Waals surface area contributed by atoms with Gasteiger partial charge in [-0.05, 0) is 88.6 Å². The Morgan fingerprint density at radius 3 is 2.03 bits per heavy atom. The van der Waals surface area contributed by atoms with E-state index in [2.05, 4.69) is 62.4 Å².